The Bertz CT molecular complexity index is 1340. The average molecular weight is 800 g/mol. The van der Waals surface area contributed by atoms with Gasteiger partial charge in [0.2, 0.25) is 0 Å². The van der Waals surface area contributed by atoms with Gasteiger partial charge in [-0.25, -0.2) is 0 Å². The van der Waals surface area contributed by atoms with E-state index < -0.39 is 109 Å². The van der Waals surface area contributed by atoms with Gasteiger partial charge in [0, 0.05) is 44.2 Å². The molecule has 0 amide bonds. The number of carbonyl (C=O) groups excluding carboxylic acids is 4. The zero-order valence-electron chi connectivity index (χ0n) is 35.8. The standard InChI is InChI=1S/C41H69NO14/c1-14-30(43)53-35-22(5)26(9)52-39(47)25(8)36(55-32-17-29(48-13)37(27(10)51-32)54-31(44)15-2)23(6)34(20(3)18-41(19-49-41)38(46)24(35)7)56-40-33(45)28(42(11)12)16-21(4)50-40/h20-29,32-37,40,45H,14-19H2,1-13H3/t20?,21-,22+,23-,24-,25?,26-,27+,28+,29+,32+,33-,34+,35+,36+,37+,40+,41-/m1/s1. The van der Waals surface area contributed by atoms with E-state index in [-0.39, 0.29) is 56.2 Å². The Morgan fingerprint density at radius 3 is 1.96 bits per heavy atom. The van der Waals surface area contributed by atoms with Gasteiger partial charge in [-0.15, -0.1) is 0 Å². The number of Topliss-reactive ketones (excluding diaryl/α,β-unsaturated/α-hetero) is 1. The van der Waals surface area contributed by atoms with Crippen molar-refractivity contribution in [3.63, 3.8) is 0 Å². The third-order valence-electron chi connectivity index (χ3n) is 12.4. The Balaban J connectivity index is 1.77. The van der Waals surface area contributed by atoms with Gasteiger partial charge in [-0.3, -0.25) is 19.2 Å². The molecule has 2 unspecified atom stereocenters. The van der Waals surface area contributed by atoms with Crippen LogP contribution in [0.4, 0.5) is 0 Å². The van der Waals surface area contributed by atoms with Crippen molar-refractivity contribution in [3.05, 3.63) is 0 Å². The minimum atomic E-state index is -1.16. The van der Waals surface area contributed by atoms with Crippen LogP contribution in [0.3, 0.4) is 0 Å². The minimum Gasteiger partial charge on any atom is -0.462 e. The van der Waals surface area contributed by atoms with Gasteiger partial charge in [0.15, 0.2) is 30.1 Å². The molecule has 4 rings (SSSR count). The SMILES string of the molecule is CCC(=O)O[C@H]1[C@H](C)O[C@@H](O[C@@H]2C(C)C(=O)O[C@H](C)[C@H](C)[C@H](OC(=O)CC)[C@@H](C)C(=O)[C@]3(CO3)CC(C)[C@H](O[C@@H]3O[C@H](C)C[C@H](N(C)C)[C@H]3O)[C@H]2C)C[C@@H]1OC. The van der Waals surface area contributed by atoms with Crippen LogP contribution >= 0.6 is 0 Å². The number of cyclic esters (lactones) is 1. The van der Waals surface area contributed by atoms with Gasteiger partial charge in [-0.1, -0.05) is 41.5 Å². The van der Waals surface area contributed by atoms with E-state index in [0.717, 1.165) is 0 Å². The minimum absolute atomic E-state index is 0.111. The summed E-state index contributed by atoms with van der Waals surface area (Å²) in [6.45, 7) is 18.1. The summed E-state index contributed by atoms with van der Waals surface area (Å²) in [5, 5.41) is 11.6. The molecular formula is C41H69NO14. The molecule has 4 aliphatic rings. The molecule has 0 saturated carbocycles. The molecule has 0 bridgehead atoms. The Hall–Kier alpha value is -2.24. The smallest absolute Gasteiger partial charge is 0.311 e. The first-order valence-electron chi connectivity index (χ1n) is 20.6. The lowest BCUT2D eigenvalue weighted by atomic mass is 9.76. The highest BCUT2D eigenvalue weighted by Crippen LogP contribution is 2.44. The van der Waals surface area contributed by atoms with Gasteiger partial charge in [0.25, 0.3) is 0 Å². The number of epoxide rings is 1. The van der Waals surface area contributed by atoms with Gasteiger partial charge in [0.05, 0.1) is 42.9 Å². The average Bonchev–Trinajstić information content (AvgIpc) is 3.94. The van der Waals surface area contributed by atoms with E-state index >= 15 is 0 Å². The van der Waals surface area contributed by atoms with Crippen LogP contribution in [0.1, 0.15) is 101 Å². The Morgan fingerprint density at radius 1 is 0.804 bits per heavy atom. The predicted octanol–water partition coefficient (Wildman–Crippen LogP) is 3.83. The third-order valence-corrected chi connectivity index (χ3v) is 12.4. The van der Waals surface area contributed by atoms with Crippen molar-refractivity contribution in [2.75, 3.05) is 27.8 Å². The van der Waals surface area contributed by atoms with Crippen molar-refractivity contribution in [3.8, 4) is 0 Å². The van der Waals surface area contributed by atoms with E-state index in [1.54, 1.807) is 48.5 Å². The number of likely N-dealkylation sites (N-methyl/N-ethyl adjacent to an activating group) is 1. The van der Waals surface area contributed by atoms with Crippen molar-refractivity contribution in [2.24, 2.45) is 29.6 Å². The predicted molar refractivity (Wildman–Crippen MR) is 202 cm³/mol. The second kappa shape index (κ2) is 19.7. The summed E-state index contributed by atoms with van der Waals surface area (Å²) in [4.78, 5) is 55.5. The van der Waals surface area contributed by atoms with Crippen LogP contribution in [0.25, 0.3) is 0 Å². The van der Waals surface area contributed by atoms with Gasteiger partial charge in [0.1, 0.15) is 24.4 Å². The van der Waals surface area contributed by atoms with E-state index in [1.807, 2.05) is 39.8 Å². The molecule has 0 radical (unpaired) electrons. The summed E-state index contributed by atoms with van der Waals surface area (Å²) in [6.07, 6.45) is -6.94. The van der Waals surface area contributed by atoms with Gasteiger partial charge in [-0.05, 0) is 60.5 Å². The number of ether oxygens (including phenoxy) is 9. The fourth-order valence-corrected chi connectivity index (χ4v) is 8.72. The Morgan fingerprint density at radius 2 is 1.41 bits per heavy atom. The van der Waals surface area contributed by atoms with Crippen molar-refractivity contribution >= 4 is 23.7 Å². The van der Waals surface area contributed by atoms with Gasteiger partial charge in [-0.2, -0.15) is 0 Å². The summed E-state index contributed by atoms with van der Waals surface area (Å²) in [7, 11) is 5.32. The highest BCUT2D eigenvalue weighted by Gasteiger charge is 2.58. The van der Waals surface area contributed by atoms with E-state index in [9.17, 15) is 24.3 Å². The Labute approximate surface area is 333 Å². The largest absolute Gasteiger partial charge is 0.462 e. The molecule has 4 heterocycles. The van der Waals surface area contributed by atoms with Crippen LogP contribution in [0.5, 0.6) is 0 Å². The Kier molecular flexibility index (Phi) is 16.3. The topological polar surface area (TPSA) is 178 Å². The number of aliphatic hydroxyl groups excluding tert-OH is 1. The quantitative estimate of drug-likeness (QED) is 0.191. The lowest BCUT2D eigenvalue weighted by molar-refractivity contribution is -0.299. The molecule has 4 aliphatic heterocycles. The summed E-state index contributed by atoms with van der Waals surface area (Å²) >= 11 is 0. The molecule has 4 saturated heterocycles. The molecule has 4 fully saturated rings. The summed E-state index contributed by atoms with van der Waals surface area (Å²) in [5.74, 6) is -4.81. The number of esters is 3. The maximum atomic E-state index is 14.4. The number of methoxy groups -OCH3 is 1. The van der Waals surface area contributed by atoms with Gasteiger partial charge < -0.3 is 52.6 Å². The molecule has 1 spiro atoms. The van der Waals surface area contributed by atoms with E-state index in [0.29, 0.717) is 6.42 Å². The summed E-state index contributed by atoms with van der Waals surface area (Å²) in [5.41, 5.74) is -1.16. The monoisotopic (exact) mass is 799 g/mol. The normalized spacial score (nSPS) is 44.2. The molecule has 56 heavy (non-hydrogen) atoms. The fraction of sp³-hybridized carbons (Fsp3) is 0.902. The molecule has 1 N–H and O–H groups in total. The maximum Gasteiger partial charge on any atom is 0.311 e. The summed E-state index contributed by atoms with van der Waals surface area (Å²) in [6, 6.07) is -0.251. The zero-order valence-corrected chi connectivity index (χ0v) is 35.8. The van der Waals surface area contributed by atoms with Crippen LogP contribution in [-0.4, -0.2) is 141 Å². The lowest BCUT2D eigenvalue weighted by Crippen LogP contribution is -2.57. The molecular weight excluding hydrogens is 730 g/mol. The summed E-state index contributed by atoms with van der Waals surface area (Å²) < 4.78 is 55.7. The van der Waals surface area contributed by atoms with Crippen LogP contribution in [0.2, 0.25) is 0 Å². The molecule has 0 aromatic carbocycles. The van der Waals surface area contributed by atoms with Crippen LogP contribution in [0.15, 0.2) is 0 Å². The molecule has 0 aromatic rings. The van der Waals surface area contributed by atoms with E-state index in [1.165, 1.54) is 7.11 Å². The van der Waals surface area contributed by atoms with Gasteiger partial charge >= 0.3 is 17.9 Å². The molecule has 18 atom stereocenters. The lowest BCUT2D eigenvalue weighted by Gasteiger charge is -2.46. The first-order chi connectivity index (χ1) is 26.3. The van der Waals surface area contributed by atoms with Crippen LogP contribution in [-0.2, 0) is 61.8 Å². The molecule has 0 aromatic heterocycles. The van der Waals surface area contributed by atoms with E-state index in [2.05, 4.69) is 0 Å². The first kappa shape index (κ1) is 46.4. The number of carbonyl (C=O) groups is 4. The molecule has 15 heteroatoms. The third kappa shape index (κ3) is 10.7. The molecule has 0 aliphatic carbocycles. The number of aliphatic hydroxyl groups is 1. The molecule has 15 nitrogen and oxygen atoms in total. The second-order valence-corrected chi connectivity index (χ2v) is 16.9. The number of hydrogen-bond acceptors (Lipinski definition) is 15. The van der Waals surface area contributed by atoms with Crippen LogP contribution in [0, 0.1) is 29.6 Å². The zero-order chi connectivity index (χ0) is 41.8. The second-order valence-electron chi connectivity index (χ2n) is 16.9. The first-order valence-corrected chi connectivity index (χ1v) is 20.6. The number of nitrogens with zero attached hydrogens (tertiary/aromatic N) is 1. The van der Waals surface area contributed by atoms with Crippen LogP contribution < -0.4 is 0 Å². The van der Waals surface area contributed by atoms with Crippen molar-refractivity contribution in [1.29, 1.82) is 0 Å². The highest BCUT2D eigenvalue weighted by molar-refractivity contribution is 5.92. The van der Waals surface area contributed by atoms with E-state index in [4.69, 9.17) is 42.6 Å². The van der Waals surface area contributed by atoms with Crippen molar-refractivity contribution in [2.45, 2.75) is 181 Å². The molecule has 322 valence electrons. The fourth-order valence-electron chi connectivity index (χ4n) is 8.72. The number of ketones is 1. The number of rotatable bonds is 10. The van der Waals surface area contributed by atoms with Crippen molar-refractivity contribution in [1.82, 2.24) is 4.90 Å². The van der Waals surface area contributed by atoms with Crippen molar-refractivity contribution < 1.29 is 66.9 Å². The highest BCUT2D eigenvalue weighted by atomic mass is 16.7. The maximum absolute atomic E-state index is 14.4. The number of hydrogen-bond donors (Lipinski definition) is 1.